The van der Waals surface area contributed by atoms with E-state index in [0.29, 0.717) is 23.3 Å². The Hall–Kier alpha value is -2.51. The molecule has 0 unspecified atom stereocenters. The van der Waals surface area contributed by atoms with Gasteiger partial charge in [-0.1, -0.05) is 42.4 Å². The van der Waals surface area contributed by atoms with Crippen LogP contribution in [-0.2, 0) is 5.75 Å². The van der Waals surface area contributed by atoms with Crippen LogP contribution in [0, 0.1) is 0 Å². The minimum absolute atomic E-state index is 0.633. The van der Waals surface area contributed by atoms with Crippen molar-refractivity contribution in [1.29, 1.82) is 0 Å². The Kier molecular flexibility index (Phi) is 7.33. The zero-order valence-corrected chi connectivity index (χ0v) is 17.3. The van der Waals surface area contributed by atoms with Crippen molar-refractivity contribution >= 4 is 29.6 Å². The first kappa shape index (κ1) is 20.2. The first-order chi connectivity index (χ1) is 13.7. The summed E-state index contributed by atoms with van der Waals surface area (Å²) in [6, 6.07) is 13.4. The summed E-state index contributed by atoms with van der Waals surface area (Å²) in [5.41, 5.74) is 2.05. The molecule has 146 valence electrons. The van der Waals surface area contributed by atoms with Crippen molar-refractivity contribution < 1.29 is 9.47 Å². The molecule has 0 N–H and O–H groups in total. The van der Waals surface area contributed by atoms with Crippen molar-refractivity contribution in [3.63, 3.8) is 0 Å². The second kappa shape index (κ2) is 10.1. The Balaban J connectivity index is 1.69. The standard InChI is InChI=1S/C20H21ClN4O2S/c1-3-10-27-19-11-16(6-9-18(19)26-2)12-23-25-14-22-24-20(25)28-13-15-4-7-17(21)8-5-15/h4-9,11-12,14H,3,10,13H2,1-2H3/b23-12-. The minimum atomic E-state index is 0.633. The largest absolute Gasteiger partial charge is 0.493 e. The van der Waals surface area contributed by atoms with Crippen LogP contribution in [0.1, 0.15) is 24.5 Å². The molecule has 2 aromatic carbocycles. The van der Waals surface area contributed by atoms with E-state index < -0.39 is 0 Å². The predicted molar refractivity (Wildman–Crippen MR) is 113 cm³/mol. The second-order valence-electron chi connectivity index (χ2n) is 5.88. The maximum Gasteiger partial charge on any atom is 0.212 e. The molecule has 0 bridgehead atoms. The van der Waals surface area contributed by atoms with Crippen LogP contribution in [0.5, 0.6) is 11.5 Å². The summed E-state index contributed by atoms with van der Waals surface area (Å²) < 4.78 is 12.7. The molecule has 0 atom stereocenters. The molecule has 0 fully saturated rings. The lowest BCUT2D eigenvalue weighted by atomic mass is 10.2. The van der Waals surface area contributed by atoms with Gasteiger partial charge >= 0.3 is 0 Å². The van der Waals surface area contributed by atoms with Gasteiger partial charge in [0.2, 0.25) is 5.16 Å². The highest BCUT2D eigenvalue weighted by Crippen LogP contribution is 2.28. The number of rotatable bonds is 9. The zero-order chi connectivity index (χ0) is 19.8. The molecular formula is C20H21ClN4O2S. The Morgan fingerprint density at radius 2 is 2.00 bits per heavy atom. The summed E-state index contributed by atoms with van der Waals surface area (Å²) in [5.74, 6) is 2.16. The van der Waals surface area contributed by atoms with Gasteiger partial charge in [0.25, 0.3) is 0 Å². The molecule has 0 saturated heterocycles. The first-order valence-corrected chi connectivity index (χ1v) is 10.2. The number of halogens is 1. The van der Waals surface area contributed by atoms with Crippen molar-refractivity contribution in [2.75, 3.05) is 13.7 Å². The molecule has 0 aliphatic heterocycles. The Morgan fingerprint density at radius 1 is 1.18 bits per heavy atom. The smallest absolute Gasteiger partial charge is 0.212 e. The molecule has 3 rings (SSSR count). The molecule has 0 aliphatic carbocycles. The summed E-state index contributed by atoms with van der Waals surface area (Å²) in [6.45, 7) is 2.70. The lowest BCUT2D eigenvalue weighted by Gasteiger charge is -2.10. The lowest BCUT2D eigenvalue weighted by molar-refractivity contribution is 0.294. The van der Waals surface area contributed by atoms with Gasteiger partial charge in [0.1, 0.15) is 6.33 Å². The molecule has 8 heteroatoms. The van der Waals surface area contributed by atoms with Crippen LogP contribution in [0.25, 0.3) is 0 Å². The van der Waals surface area contributed by atoms with Gasteiger partial charge in [-0.25, -0.2) is 0 Å². The highest BCUT2D eigenvalue weighted by Gasteiger charge is 2.07. The molecule has 3 aromatic rings. The molecule has 0 spiro atoms. The average molecular weight is 417 g/mol. The highest BCUT2D eigenvalue weighted by molar-refractivity contribution is 7.98. The normalized spacial score (nSPS) is 11.1. The van der Waals surface area contributed by atoms with Crippen LogP contribution in [0.4, 0.5) is 0 Å². The van der Waals surface area contributed by atoms with Gasteiger partial charge in [0.15, 0.2) is 11.5 Å². The van der Waals surface area contributed by atoms with E-state index in [4.69, 9.17) is 21.1 Å². The third kappa shape index (κ3) is 5.50. The molecule has 0 radical (unpaired) electrons. The molecule has 0 saturated carbocycles. The van der Waals surface area contributed by atoms with E-state index >= 15 is 0 Å². The van der Waals surface area contributed by atoms with Crippen molar-refractivity contribution in [1.82, 2.24) is 14.9 Å². The Morgan fingerprint density at radius 3 is 2.75 bits per heavy atom. The van der Waals surface area contributed by atoms with Gasteiger partial charge in [0.05, 0.1) is 19.9 Å². The fourth-order valence-electron chi connectivity index (χ4n) is 2.35. The van der Waals surface area contributed by atoms with E-state index in [2.05, 4.69) is 22.2 Å². The zero-order valence-electron chi connectivity index (χ0n) is 15.7. The SMILES string of the molecule is CCCOc1cc(/C=N\n2cnnc2SCc2ccc(Cl)cc2)ccc1OC. The van der Waals surface area contributed by atoms with Crippen molar-refractivity contribution in [3.05, 3.63) is 64.9 Å². The maximum atomic E-state index is 5.93. The van der Waals surface area contributed by atoms with Gasteiger partial charge in [-0.15, -0.1) is 10.2 Å². The lowest BCUT2D eigenvalue weighted by Crippen LogP contribution is -1.99. The third-order valence-electron chi connectivity index (χ3n) is 3.76. The van der Waals surface area contributed by atoms with E-state index in [0.717, 1.165) is 28.3 Å². The van der Waals surface area contributed by atoms with E-state index in [1.807, 2.05) is 42.5 Å². The van der Waals surface area contributed by atoms with Gasteiger partial charge in [-0.3, -0.25) is 0 Å². The van der Waals surface area contributed by atoms with E-state index in [1.54, 1.807) is 36.1 Å². The molecular weight excluding hydrogens is 396 g/mol. The van der Waals surface area contributed by atoms with Crippen LogP contribution >= 0.6 is 23.4 Å². The summed E-state index contributed by atoms with van der Waals surface area (Å²) >= 11 is 7.48. The first-order valence-electron chi connectivity index (χ1n) is 8.82. The van der Waals surface area contributed by atoms with Crippen LogP contribution in [-0.4, -0.2) is 34.8 Å². The van der Waals surface area contributed by atoms with Crippen molar-refractivity contribution in [2.45, 2.75) is 24.3 Å². The summed E-state index contributed by atoms with van der Waals surface area (Å²) in [6.07, 6.45) is 4.25. The minimum Gasteiger partial charge on any atom is -0.493 e. The fourth-order valence-corrected chi connectivity index (χ4v) is 3.29. The molecule has 1 heterocycles. The van der Waals surface area contributed by atoms with Crippen LogP contribution < -0.4 is 9.47 Å². The maximum absolute atomic E-state index is 5.93. The number of thioether (sulfide) groups is 1. The van der Waals surface area contributed by atoms with Gasteiger partial charge in [-0.2, -0.15) is 9.78 Å². The fraction of sp³-hybridized carbons (Fsp3) is 0.250. The summed E-state index contributed by atoms with van der Waals surface area (Å²) in [7, 11) is 1.63. The van der Waals surface area contributed by atoms with Gasteiger partial charge in [-0.05, 0) is 47.9 Å². The molecule has 28 heavy (non-hydrogen) atoms. The number of hydrogen-bond acceptors (Lipinski definition) is 6. The third-order valence-corrected chi connectivity index (χ3v) is 5.02. The number of benzene rings is 2. The van der Waals surface area contributed by atoms with Gasteiger partial charge in [0, 0.05) is 10.8 Å². The van der Waals surface area contributed by atoms with Crippen LogP contribution in [0.3, 0.4) is 0 Å². The topological polar surface area (TPSA) is 61.5 Å². The van der Waals surface area contributed by atoms with E-state index in [-0.39, 0.29) is 0 Å². The second-order valence-corrected chi connectivity index (χ2v) is 7.26. The van der Waals surface area contributed by atoms with Gasteiger partial charge < -0.3 is 9.47 Å². The average Bonchev–Trinajstić information content (AvgIpc) is 3.17. The van der Waals surface area contributed by atoms with Crippen molar-refractivity contribution in [3.8, 4) is 11.5 Å². The number of ether oxygens (including phenoxy) is 2. The van der Waals surface area contributed by atoms with E-state index in [1.165, 1.54) is 0 Å². The van der Waals surface area contributed by atoms with Crippen LogP contribution in [0.2, 0.25) is 5.02 Å². The highest BCUT2D eigenvalue weighted by atomic mass is 35.5. The number of aromatic nitrogens is 3. The van der Waals surface area contributed by atoms with E-state index in [9.17, 15) is 0 Å². The number of methoxy groups -OCH3 is 1. The number of nitrogens with zero attached hydrogens (tertiary/aromatic N) is 4. The van der Waals surface area contributed by atoms with Crippen LogP contribution in [0.15, 0.2) is 59.0 Å². The predicted octanol–water partition coefficient (Wildman–Crippen LogP) is 4.90. The monoisotopic (exact) mass is 416 g/mol. The Labute approximate surface area is 173 Å². The number of hydrogen-bond donors (Lipinski definition) is 0. The molecule has 0 amide bonds. The summed E-state index contributed by atoms with van der Waals surface area (Å²) in [5, 5.41) is 14.0. The summed E-state index contributed by atoms with van der Waals surface area (Å²) in [4.78, 5) is 0. The molecule has 6 nitrogen and oxygen atoms in total. The molecule has 1 aromatic heterocycles. The molecule has 0 aliphatic rings. The van der Waals surface area contributed by atoms with Crippen molar-refractivity contribution in [2.24, 2.45) is 5.10 Å². The quantitative estimate of drug-likeness (QED) is 0.366. The Bertz CT molecular complexity index is 928.